The highest BCUT2D eigenvalue weighted by atomic mass is 16.5. The van der Waals surface area contributed by atoms with E-state index in [-0.39, 0.29) is 12.6 Å². The summed E-state index contributed by atoms with van der Waals surface area (Å²) in [5.41, 5.74) is -1.39. The molecule has 0 saturated carbocycles. The Morgan fingerprint density at radius 3 is 2.39 bits per heavy atom. The number of ether oxygens (including phenoxy) is 2. The molecule has 0 radical (unpaired) electrons. The molecule has 1 aromatic heterocycles. The van der Waals surface area contributed by atoms with E-state index in [0.29, 0.717) is 11.5 Å². The first-order valence-electron chi connectivity index (χ1n) is 6.87. The molecular formula is C16H17NO6. The van der Waals surface area contributed by atoms with E-state index in [4.69, 9.17) is 14.6 Å². The molecule has 7 heteroatoms. The Morgan fingerprint density at radius 1 is 1.22 bits per heavy atom. The van der Waals surface area contributed by atoms with Crippen LogP contribution in [-0.2, 0) is 6.54 Å². The van der Waals surface area contributed by atoms with Gasteiger partial charge >= 0.3 is 5.97 Å². The Balaban J connectivity index is 2.11. The highest BCUT2D eigenvalue weighted by Gasteiger charge is 2.14. The molecule has 1 atom stereocenters. The van der Waals surface area contributed by atoms with Crippen LogP contribution in [0.25, 0.3) is 0 Å². The average Bonchev–Trinajstić information content (AvgIpc) is 2.51. The van der Waals surface area contributed by atoms with Crippen molar-refractivity contribution in [1.29, 1.82) is 0 Å². The van der Waals surface area contributed by atoms with Gasteiger partial charge in [-0.25, -0.2) is 4.79 Å². The predicted molar refractivity (Wildman–Crippen MR) is 82.4 cm³/mol. The number of pyridine rings is 1. The number of carboxylic acids is 1. The molecule has 2 rings (SSSR count). The highest BCUT2D eigenvalue weighted by molar-refractivity contribution is 5.87. The number of aromatic carboxylic acids is 1. The molecule has 1 unspecified atom stereocenters. The second-order valence-electron chi connectivity index (χ2n) is 4.99. The lowest BCUT2D eigenvalue weighted by Crippen LogP contribution is -2.23. The SMILES string of the molecule is COc1ccc(OC(C)Cn2cc(O)c(=O)c(C(=O)O)c2)cc1. The first-order valence-corrected chi connectivity index (χ1v) is 6.87. The lowest BCUT2D eigenvalue weighted by Gasteiger charge is -2.17. The lowest BCUT2D eigenvalue weighted by atomic mass is 10.2. The van der Waals surface area contributed by atoms with Crippen LogP contribution in [0.1, 0.15) is 17.3 Å². The summed E-state index contributed by atoms with van der Waals surface area (Å²) in [6.07, 6.45) is 2.05. The minimum absolute atomic E-state index is 0.264. The summed E-state index contributed by atoms with van der Waals surface area (Å²) >= 11 is 0. The number of carbonyl (C=O) groups is 1. The zero-order chi connectivity index (χ0) is 17.0. The van der Waals surface area contributed by atoms with E-state index in [2.05, 4.69) is 0 Å². The van der Waals surface area contributed by atoms with Gasteiger partial charge in [0.1, 0.15) is 23.2 Å². The largest absolute Gasteiger partial charge is 0.503 e. The van der Waals surface area contributed by atoms with Gasteiger partial charge in [0.25, 0.3) is 0 Å². The molecule has 0 amide bonds. The number of benzene rings is 1. The molecule has 1 heterocycles. The fraction of sp³-hybridized carbons (Fsp3) is 0.250. The van der Waals surface area contributed by atoms with Crippen molar-refractivity contribution in [1.82, 2.24) is 4.57 Å². The van der Waals surface area contributed by atoms with E-state index < -0.39 is 22.7 Å². The van der Waals surface area contributed by atoms with Crippen LogP contribution in [0.15, 0.2) is 41.5 Å². The molecule has 0 spiro atoms. The Labute approximate surface area is 132 Å². The maximum Gasteiger partial charge on any atom is 0.341 e. The lowest BCUT2D eigenvalue weighted by molar-refractivity contribution is 0.0693. The molecule has 2 aromatic rings. The quantitative estimate of drug-likeness (QED) is 0.841. The number of nitrogens with zero attached hydrogens (tertiary/aromatic N) is 1. The summed E-state index contributed by atoms with van der Waals surface area (Å²) in [5.74, 6) is -0.659. The monoisotopic (exact) mass is 319 g/mol. The molecule has 0 fully saturated rings. The third-order valence-electron chi connectivity index (χ3n) is 3.16. The summed E-state index contributed by atoms with van der Waals surface area (Å²) in [4.78, 5) is 22.5. The zero-order valence-corrected chi connectivity index (χ0v) is 12.7. The van der Waals surface area contributed by atoms with Crippen molar-refractivity contribution in [3.8, 4) is 17.2 Å². The number of rotatable bonds is 6. The molecular weight excluding hydrogens is 302 g/mol. The molecule has 0 aliphatic rings. The maximum absolute atomic E-state index is 11.5. The van der Waals surface area contributed by atoms with Gasteiger partial charge in [-0.3, -0.25) is 4.79 Å². The minimum Gasteiger partial charge on any atom is -0.503 e. The van der Waals surface area contributed by atoms with Crippen molar-refractivity contribution in [3.63, 3.8) is 0 Å². The van der Waals surface area contributed by atoms with E-state index in [1.54, 1.807) is 38.3 Å². The number of aromatic nitrogens is 1. The summed E-state index contributed by atoms with van der Waals surface area (Å²) in [6.45, 7) is 2.06. The van der Waals surface area contributed by atoms with Crippen LogP contribution < -0.4 is 14.9 Å². The topological polar surface area (TPSA) is 98.0 Å². The molecule has 7 nitrogen and oxygen atoms in total. The van der Waals surface area contributed by atoms with Gasteiger partial charge in [-0.2, -0.15) is 0 Å². The molecule has 122 valence electrons. The third kappa shape index (κ3) is 4.03. The van der Waals surface area contributed by atoms with Crippen LogP contribution in [0.4, 0.5) is 0 Å². The van der Waals surface area contributed by atoms with Crippen molar-refractivity contribution >= 4 is 5.97 Å². The van der Waals surface area contributed by atoms with Gasteiger partial charge < -0.3 is 24.3 Å². The van der Waals surface area contributed by atoms with Gasteiger partial charge in [0.2, 0.25) is 5.43 Å². The van der Waals surface area contributed by atoms with Crippen molar-refractivity contribution < 1.29 is 24.5 Å². The fourth-order valence-electron chi connectivity index (χ4n) is 2.09. The van der Waals surface area contributed by atoms with Gasteiger partial charge in [0.15, 0.2) is 5.75 Å². The molecule has 0 saturated heterocycles. The summed E-state index contributed by atoms with van der Waals surface area (Å²) in [7, 11) is 1.57. The predicted octanol–water partition coefficient (Wildman–Crippen LogP) is 1.73. The van der Waals surface area contributed by atoms with Crippen molar-refractivity contribution in [2.75, 3.05) is 7.11 Å². The Bertz CT molecular complexity index is 750. The second kappa shape index (κ2) is 6.87. The molecule has 1 aromatic carbocycles. The van der Waals surface area contributed by atoms with Crippen LogP contribution in [0.2, 0.25) is 0 Å². The van der Waals surface area contributed by atoms with Crippen LogP contribution in [0, 0.1) is 0 Å². The summed E-state index contributed by atoms with van der Waals surface area (Å²) < 4.78 is 12.2. The number of hydrogen-bond acceptors (Lipinski definition) is 5. The van der Waals surface area contributed by atoms with Crippen molar-refractivity contribution in [2.45, 2.75) is 19.6 Å². The molecule has 23 heavy (non-hydrogen) atoms. The number of hydrogen-bond donors (Lipinski definition) is 2. The first-order chi connectivity index (χ1) is 10.9. The average molecular weight is 319 g/mol. The highest BCUT2D eigenvalue weighted by Crippen LogP contribution is 2.18. The molecule has 2 N–H and O–H groups in total. The summed E-state index contributed by atoms with van der Waals surface area (Å²) in [5, 5.41) is 18.5. The van der Waals surface area contributed by atoms with E-state index in [9.17, 15) is 14.7 Å². The van der Waals surface area contributed by atoms with Crippen molar-refractivity contribution in [2.24, 2.45) is 0 Å². The normalized spacial score (nSPS) is 11.7. The maximum atomic E-state index is 11.5. The van der Waals surface area contributed by atoms with Gasteiger partial charge in [-0.15, -0.1) is 0 Å². The first kappa shape index (κ1) is 16.4. The van der Waals surface area contributed by atoms with E-state index in [1.165, 1.54) is 17.0 Å². The molecule has 0 bridgehead atoms. The Hall–Kier alpha value is -2.96. The van der Waals surface area contributed by atoms with Crippen LogP contribution >= 0.6 is 0 Å². The number of carboxylic acid groups (broad SMARTS) is 1. The molecule has 0 aliphatic heterocycles. The number of methoxy groups -OCH3 is 1. The molecule has 0 aliphatic carbocycles. The van der Waals surface area contributed by atoms with Gasteiger partial charge in [0.05, 0.1) is 13.7 Å². The van der Waals surface area contributed by atoms with Gasteiger partial charge in [-0.1, -0.05) is 0 Å². The minimum atomic E-state index is -1.39. The van der Waals surface area contributed by atoms with Crippen LogP contribution in [0.5, 0.6) is 17.2 Å². The van der Waals surface area contributed by atoms with E-state index in [1.807, 2.05) is 0 Å². The fourth-order valence-corrected chi connectivity index (χ4v) is 2.09. The van der Waals surface area contributed by atoms with E-state index in [0.717, 1.165) is 0 Å². The Kier molecular flexibility index (Phi) is 4.90. The summed E-state index contributed by atoms with van der Waals surface area (Å²) in [6, 6.07) is 7.02. The van der Waals surface area contributed by atoms with Gasteiger partial charge in [-0.05, 0) is 31.2 Å². The van der Waals surface area contributed by atoms with Crippen LogP contribution in [-0.4, -0.2) is 34.0 Å². The third-order valence-corrected chi connectivity index (χ3v) is 3.16. The smallest absolute Gasteiger partial charge is 0.341 e. The second-order valence-corrected chi connectivity index (χ2v) is 4.99. The van der Waals surface area contributed by atoms with E-state index >= 15 is 0 Å². The number of aromatic hydroxyl groups is 1. The van der Waals surface area contributed by atoms with Crippen molar-refractivity contribution in [3.05, 3.63) is 52.4 Å². The van der Waals surface area contributed by atoms with Gasteiger partial charge in [0, 0.05) is 12.4 Å². The standard InChI is InChI=1S/C16H17NO6/c1-10(23-12-5-3-11(22-2)4-6-12)7-17-8-13(16(20)21)15(19)14(18)9-17/h3-6,8-10,18H,7H2,1-2H3,(H,20,21). The Morgan fingerprint density at radius 2 is 1.83 bits per heavy atom. The zero-order valence-electron chi connectivity index (χ0n) is 12.7. The van der Waals surface area contributed by atoms with Crippen LogP contribution in [0.3, 0.4) is 0 Å².